The number of aromatic nitrogens is 1. The molecule has 0 radical (unpaired) electrons. The first-order valence-electron chi connectivity index (χ1n) is 5.62. The maximum Gasteiger partial charge on any atom is 0.306 e. The van der Waals surface area contributed by atoms with Gasteiger partial charge in [0.1, 0.15) is 0 Å². The fourth-order valence-electron chi connectivity index (χ4n) is 1.74. The summed E-state index contributed by atoms with van der Waals surface area (Å²) in [6, 6.07) is 1.67. The van der Waals surface area contributed by atoms with Crippen LogP contribution in [0.15, 0.2) is 12.3 Å². The van der Waals surface area contributed by atoms with Gasteiger partial charge in [0.25, 0.3) is 0 Å². The van der Waals surface area contributed by atoms with Gasteiger partial charge in [-0.25, -0.2) is 0 Å². The van der Waals surface area contributed by atoms with Crippen LogP contribution in [0, 0.1) is 5.92 Å². The van der Waals surface area contributed by atoms with Crippen molar-refractivity contribution < 1.29 is 19.4 Å². The van der Waals surface area contributed by atoms with Gasteiger partial charge < -0.3 is 20.3 Å². The van der Waals surface area contributed by atoms with E-state index in [1.807, 2.05) is 0 Å². The maximum atomic E-state index is 11.1. The van der Waals surface area contributed by atoms with E-state index in [1.54, 1.807) is 12.3 Å². The lowest BCUT2D eigenvalue weighted by molar-refractivity contribution is -0.141. The zero-order valence-corrected chi connectivity index (χ0v) is 10.5. The van der Waals surface area contributed by atoms with E-state index in [0.29, 0.717) is 30.2 Å². The molecule has 1 unspecified atom stereocenters. The number of hydrogen-bond acceptors (Lipinski definition) is 5. The highest BCUT2D eigenvalue weighted by molar-refractivity contribution is 5.70. The Labute approximate surface area is 106 Å². The van der Waals surface area contributed by atoms with Gasteiger partial charge in [-0.3, -0.25) is 9.78 Å². The van der Waals surface area contributed by atoms with Crippen LogP contribution in [0.4, 0.5) is 0 Å². The van der Waals surface area contributed by atoms with Crippen LogP contribution in [0.25, 0.3) is 0 Å². The Kier molecular flexibility index (Phi) is 5.38. The first kappa shape index (κ1) is 14.2. The number of carbonyl (C=O) groups is 1. The molecule has 1 rings (SSSR count). The van der Waals surface area contributed by atoms with Gasteiger partial charge in [-0.05, 0) is 13.0 Å². The topological polar surface area (TPSA) is 94.7 Å². The van der Waals surface area contributed by atoms with E-state index >= 15 is 0 Å². The summed E-state index contributed by atoms with van der Waals surface area (Å²) in [7, 11) is 3.03. The van der Waals surface area contributed by atoms with Gasteiger partial charge >= 0.3 is 5.97 Å². The molecule has 0 saturated heterocycles. The molecule has 3 N–H and O–H groups in total. The van der Waals surface area contributed by atoms with E-state index in [9.17, 15) is 4.79 Å². The van der Waals surface area contributed by atoms with Crippen molar-refractivity contribution in [1.82, 2.24) is 4.98 Å². The van der Waals surface area contributed by atoms with E-state index in [-0.39, 0.29) is 6.42 Å². The molecule has 6 heteroatoms. The van der Waals surface area contributed by atoms with Gasteiger partial charge in [-0.2, -0.15) is 0 Å². The Bertz CT molecular complexity index is 409. The van der Waals surface area contributed by atoms with Crippen molar-refractivity contribution in [2.75, 3.05) is 20.8 Å². The van der Waals surface area contributed by atoms with Crippen molar-refractivity contribution in [3.63, 3.8) is 0 Å². The summed E-state index contributed by atoms with van der Waals surface area (Å²) in [5, 5.41) is 9.10. The highest BCUT2D eigenvalue weighted by Crippen LogP contribution is 2.30. The van der Waals surface area contributed by atoms with Gasteiger partial charge in [0.2, 0.25) is 0 Å². The first-order valence-corrected chi connectivity index (χ1v) is 5.62. The van der Waals surface area contributed by atoms with E-state index in [2.05, 4.69) is 4.98 Å². The lowest BCUT2D eigenvalue weighted by atomic mass is 9.99. The van der Waals surface area contributed by atoms with Crippen LogP contribution in [0.3, 0.4) is 0 Å². The number of nitrogens with two attached hydrogens (primary N) is 1. The summed E-state index contributed by atoms with van der Waals surface area (Å²) < 4.78 is 10.4. The second-order valence-electron chi connectivity index (χ2n) is 3.81. The Hall–Kier alpha value is -1.82. The van der Waals surface area contributed by atoms with Gasteiger partial charge in [0, 0.05) is 18.7 Å². The van der Waals surface area contributed by atoms with Crippen LogP contribution in [-0.2, 0) is 11.2 Å². The predicted octanol–water partition coefficient (Wildman–Crippen LogP) is 0.691. The van der Waals surface area contributed by atoms with Crippen LogP contribution < -0.4 is 15.2 Å². The standard InChI is InChI=1S/C12H18N2O4/c1-17-10-4-6-14-9(11(10)18-2)7-8(3-5-13)12(15)16/h4,6,8H,3,5,7,13H2,1-2H3,(H,15,16). The maximum absolute atomic E-state index is 11.1. The third-order valence-corrected chi connectivity index (χ3v) is 2.67. The van der Waals surface area contributed by atoms with Crippen LogP contribution in [0.1, 0.15) is 12.1 Å². The minimum Gasteiger partial charge on any atom is -0.493 e. The lowest BCUT2D eigenvalue weighted by Crippen LogP contribution is -2.21. The quantitative estimate of drug-likeness (QED) is 0.743. The molecule has 0 amide bonds. The zero-order chi connectivity index (χ0) is 13.5. The Morgan fingerprint density at radius 2 is 2.22 bits per heavy atom. The lowest BCUT2D eigenvalue weighted by Gasteiger charge is -2.15. The van der Waals surface area contributed by atoms with Gasteiger partial charge in [-0.1, -0.05) is 0 Å². The monoisotopic (exact) mass is 254 g/mol. The summed E-state index contributed by atoms with van der Waals surface area (Å²) >= 11 is 0. The number of ether oxygens (including phenoxy) is 2. The Balaban J connectivity index is 2.98. The number of pyridine rings is 1. The second-order valence-corrected chi connectivity index (χ2v) is 3.81. The van der Waals surface area contributed by atoms with Crippen molar-refractivity contribution in [3.8, 4) is 11.5 Å². The van der Waals surface area contributed by atoms with Crippen LogP contribution >= 0.6 is 0 Å². The molecule has 18 heavy (non-hydrogen) atoms. The van der Waals surface area contributed by atoms with Crippen molar-refractivity contribution in [2.24, 2.45) is 11.7 Å². The molecule has 0 aliphatic rings. The van der Waals surface area contributed by atoms with E-state index in [4.69, 9.17) is 20.3 Å². The molecule has 1 aromatic heterocycles. The molecule has 0 spiro atoms. The molecule has 0 aromatic carbocycles. The normalized spacial score (nSPS) is 11.9. The Morgan fingerprint density at radius 1 is 1.50 bits per heavy atom. The average molecular weight is 254 g/mol. The molecule has 0 aliphatic heterocycles. The summed E-state index contributed by atoms with van der Waals surface area (Å²) in [5.41, 5.74) is 5.98. The number of rotatable bonds is 7. The van der Waals surface area contributed by atoms with Crippen molar-refractivity contribution in [2.45, 2.75) is 12.8 Å². The van der Waals surface area contributed by atoms with E-state index in [0.717, 1.165) is 0 Å². The van der Waals surface area contributed by atoms with E-state index in [1.165, 1.54) is 14.2 Å². The predicted molar refractivity (Wildman–Crippen MR) is 65.8 cm³/mol. The minimum absolute atomic E-state index is 0.271. The molecular weight excluding hydrogens is 236 g/mol. The zero-order valence-electron chi connectivity index (χ0n) is 10.5. The van der Waals surface area contributed by atoms with Gasteiger partial charge in [0.05, 0.1) is 25.8 Å². The smallest absolute Gasteiger partial charge is 0.306 e. The Morgan fingerprint density at radius 3 is 2.72 bits per heavy atom. The number of hydrogen-bond donors (Lipinski definition) is 2. The minimum atomic E-state index is -0.882. The first-order chi connectivity index (χ1) is 8.63. The number of methoxy groups -OCH3 is 2. The number of nitrogens with zero attached hydrogens (tertiary/aromatic N) is 1. The molecular formula is C12H18N2O4. The van der Waals surface area contributed by atoms with Crippen molar-refractivity contribution in [3.05, 3.63) is 18.0 Å². The van der Waals surface area contributed by atoms with Gasteiger partial charge in [-0.15, -0.1) is 0 Å². The summed E-state index contributed by atoms with van der Waals surface area (Å²) in [6.45, 7) is 0.323. The van der Waals surface area contributed by atoms with Crippen LogP contribution in [0.5, 0.6) is 11.5 Å². The van der Waals surface area contributed by atoms with Crippen molar-refractivity contribution >= 4 is 5.97 Å². The van der Waals surface area contributed by atoms with Gasteiger partial charge in [0.15, 0.2) is 11.5 Å². The number of carboxylic acids is 1. The number of carboxylic acid groups (broad SMARTS) is 1. The van der Waals surface area contributed by atoms with Crippen molar-refractivity contribution in [1.29, 1.82) is 0 Å². The van der Waals surface area contributed by atoms with Crippen LogP contribution in [0.2, 0.25) is 0 Å². The van der Waals surface area contributed by atoms with Crippen LogP contribution in [-0.4, -0.2) is 36.8 Å². The third kappa shape index (κ3) is 3.33. The second kappa shape index (κ2) is 6.80. The SMILES string of the molecule is COc1ccnc(CC(CCN)C(=O)O)c1OC. The van der Waals surface area contributed by atoms with E-state index < -0.39 is 11.9 Å². The summed E-state index contributed by atoms with van der Waals surface area (Å²) in [4.78, 5) is 15.2. The number of aliphatic carboxylic acids is 1. The molecule has 0 bridgehead atoms. The molecule has 1 atom stereocenters. The highest BCUT2D eigenvalue weighted by Gasteiger charge is 2.21. The fourth-order valence-corrected chi connectivity index (χ4v) is 1.74. The summed E-state index contributed by atoms with van der Waals surface area (Å²) in [6.07, 6.45) is 2.24. The molecule has 0 saturated carbocycles. The molecule has 100 valence electrons. The fraction of sp³-hybridized carbons (Fsp3) is 0.500. The average Bonchev–Trinajstić information content (AvgIpc) is 2.37. The molecule has 0 aliphatic carbocycles. The summed E-state index contributed by atoms with van der Waals surface area (Å²) in [5.74, 6) is -0.432. The molecule has 6 nitrogen and oxygen atoms in total. The largest absolute Gasteiger partial charge is 0.493 e. The molecule has 0 fully saturated rings. The highest BCUT2D eigenvalue weighted by atomic mass is 16.5. The third-order valence-electron chi connectivity index (χ3n) is 2.67. The molecule has 1 heterocycles. The molecule has 1 aromatic rings.